The first-order valence-corrected chi connectivity index (χ1v) is 20.6. The second-order valence-electron chi connectivity index (χ2n) is 14.5. The normalized spacial score (nSPS) is 13.9. The van der Waals surface area contributed by atoms with E-state index in [1.165, 1.54) is 24.8 Å². The van der Waals surface area contributed by atoms with Crippen molar-refractivity contribution in [3.05, 3.63) is 83.6 Å². The number of likely N-dealkylation sites (N-methyl/N-ethyl adjacent to an activating group) is 1. The monoisotopic (exact) mass is 926 g/mol. The van der Waals surface area contributed by atoms with Crippen molar-refractivity contribution in [2.45, 2.75) is 105 Å². The Hall–Kier alpha value is -3.83. The van der Waals surface area contributed by atoms with Gasteiger partial charge in [0.2, 0.25) is 0 Å². The van der Waals surface area contributed by atoms with Crippen molar-refractivity contribution in [2.24, 2.45) is 0 Å². The Morgan fingerprint density at radius 1 is 0.806 bits per heavy atom. The molecule has 0 saturated carbocycles. The van der Waals surface area contributed by atoms with Crippen molar-refractivity contribution in [2.75, 3.05) is 33.4 Å². The molecule has 0 atom stereocenters. The predicted molar refractivity (Wildman–Crippen MR) is 234 cm³/mol. The third-order valence-corrected chi connectivity index (χ3v) is 7.41. The minimum Gasteiger partial charge on any atom is -0.852 e. The Morgan fingerprint density at radius 3 is 1.52 bits per heavy atom. The quantitative estimate of drug-likeness (QED) is 0.140. The van der Waals surface area contributed by atoms with Crippen LogP contribution in [0.5, 0.6) is 0 Å². The Morgan fingerprint density at radius 2 is 1.23 bits per heavy atom. The van der Waals surface area contributed by atoms with Gasteiger partial charge in [-0.25, -0.2) is 4.98 Å². The molecule has 3 aliphatic heterocycles. The van der Waals surface area contributed by atoms with Gasteiger partial charge in [-0.1, -0.05) is 38.1 Å². The number of nitrogens with zero attached hydrogens (tertiary/aromatic N) is 4. The molecule has 0 unspecified atom stereocenters. The van der Waals surface area contributed by atoms with Gasteiger partial charge in [0.1, 0.15) is 17.4 Å². The van der Waals surface area contributed by atoms with Crippen molar-refractivity contribution in [1.82, 2.24) is 19.9 Å². The van der Waals surface area contributed by atoms with E-state index in [1.54, 1.807) is 64.5 Å². The average Bonchev–Trinajstić information content (AvgIpc) is 3.90. The zero-order valence-electron chi connectivity index (χ0n) is 37.6. The zero-order chi connectivity index (χ0) is 46.4. The fourth-order valence-corrected chi connectivity index (χ4v) is 5.10. The molecule has 0 spiro atoms. The van der Waals surface area contributed by atoms with Gasteiger partial charge in [0.25, 0.3) is 0 Å². The SMILES string of the molecule is Brc1ccccn1.C1CCOC1.CC(C)O.CC(C)OB(OC(C)C)c1ccccn1.CC(C)[O-].CN(CC(=O)O)CC(=O)O.O=C1C[C+]2CC(=O)O[B-]2(c2ccccn2)O1.[Li+]. The predicted octanol–water partition coefficient (Wildman–Crippen LogP) is 0.240. The van der Waals surface area contributed by atoms with Crippen molar-refractivity contribution < 1.29 is 81.8 Å². The maximum Gasteiger partial charge on any atom is 1.00 e. The van der Waals surface area contributed by atoms with E-state index in [9.17, 15) is 24.3 Å². The molecule has 0 aromatic carbocycles. The molecule has 3 fully saturated rings. The second kappa shape index (κ2) is 34.6. The van der Waals surface area contributed by atoms with Crippen LogP contribution in [-0.4, -0.2) is 130 Å². The fourth-order valence-electron chi connectivity index (χ4n) is 4.83. The molecule has 6 rings (SSSR count). The minimum absolute atomic E-state index is 0. The second-order valence-corrected chi connectivity index (χ2v) is 15.3. The van der Waals surface area contributed by atoms with E-state index in [-0.39, 0.29) is 82.2 Å². The van der Waals surface area contributed by atoms with E-state index < -0.39 is 24.6 Å². The van der Waals surface area contributed by atoms with Crippen molar-refractivity contribution in [3.63, 3.8) is 0 Å². The first-order chi connectivity index (χ1) is 28.7. The van der Waals surface area contributed by atoms with Crippen molar-refractivity contribution in [3.8, 4) is 0 Å². The number of fused-ring (bicyclic) bond motifs is 1. The van der Waals surface area contributed by atoms with Crippen molar-refractivity contribution in [1.29, 1.82) is 0 Å². The summed E-state index contributed by atoms with van der Waals surface area (Å²) in [7, 11) is 1.06. The number of aliphatic hydroxyl groups excluding tert-OH is 1. The molecule has 0 bridgehead atoms. The van der Waals surface area contributed by atoms with Crippen LogP contribution in [0.3, 0.4) is 0 Å². The van der Waals surface area contributed by atoms with Crippen LogP contribution in [0.1, 0.15) is 81.1 Å². The largest absolute Gasteiger partial charge is 1.00 e. The molecule has 3 N–H and O–H groups in total. The summed E-state index contributed by atoms with van der Waals surface area (Å²) < 4.78 is 27.6. The van der Waals surface area contributed by atoms with Gasteiger partial charge < -0.3 is 43.8 Å². The molecule has 21 heteroatoms. The topological polar surface area (TPSA) is 240 Å². The number of hydrogen-bond acceptors (Lipinski definition) is 15. The van der Waals surface area contributed by atoms with E-state index >= 15 is 0 Å². The van der Waals surface area contributed by atoms with Gasteiger partial charge in [-0.3, -0.25) is 34.0 Å². The summed E-state index contributed by atoms with van der Waals surface area (Å²) in [5.74, 6) is -2.05. The van der Waals surface area contributed by atoms with E-state index in [2.05, 4.69) is 30.9 Å². The Labute approximate surface area is 387 Å². The van der Waals surface area contributed by atoms with Crippen LogP contribution in [-0.2, 0) is 42.5 Å². The number of aliphatic carboxylic acids is 2. The molecule has 0 aliphatic carbocycles. The van der Waals surface area contributed by atoms with Crippen LogP contribution in [0.4, 0.5) is 0 Å². The molecule has 338 valence electrons. The Bertz CT molecular complexity index is 1570. The van der Waals surface area contributed by atoms with E-state index in [1.807, 2.05) is 64.1 Å². The number of aliphatic hydroxyl groups is 1. The van der Waals surface area contributed by atoms with E-state index in [0.717, 1.165) is 23.4 Å². The number of halogens is 1. The van der Waals surface area contributed by atoms with Crippen LogP contribution >= 0.6 is 15.9 Å². The van der Waals surface area contributed by atoms with Crippen LogP contribution in [0, 0.1) is 5.82 Å². The molecule has 62 heavy (non-hydrogen) atoms. The number of carbonyl (C=O) groups excluding carboxylic acids is 2. The summed E-state index contributed by atoms with van der Waals surface area (Å²) in [6.07, 6.45) is 7.60. The molecule has 0 radical (unpaired) electrons. The number of carboxylic acids is 2. The minimum atomic E-state index is -2.09. The Kier molecular flexibility index (Phi) is 33.7. The summed E-state index contributed by atoms with van der Waals surface area (Å²) in [6, 6.07) is 16.7. The maximum atomic E-state index is 11.3. The smallest absolute Gasteiger partial charge is 0.852 e. The zero-order valence-corrected chi connectivity index (χ0v) is 39.2. The number of rotatable bonds is 10. The van der Waals surface area contributed by atoms with Crippen molar-refractivity contribution >= 4 is 64.7 Å². The summed E-state index contributed by atoms with van der Waals surface area (Å²) >= 11 is 3.20. The van der Waals surface area contributed by atoms with Gasteiger partial charge in [0, 0.05) is 61.5 Å². The number of aromatic nitrogens is 3. The summed E-state index contributed by atoms with van der Waals surface area (Å²) in [5.41, 5.74) is 1.33. The molecule has 0 amide bonds. The summed E-state index contributed by atoms with van der Waals surface area (Å²) in [4.78, 5) is 55.9. The van der Waals surface area contributed by atoms with E-state index in [0.29, 0.717) is 11.4 Å². The molecule has 6 heterocycles. The molecule has 3 saturated heterocycles. The van der Waals surface area contributed by atoms with Crippen LogP contribution < -0.4 is 35.2 Å². The molecular formula is C41H62B2BrLiN4O13. The van der Waals surface area contributed by atoms with Gasteiger partial charge >= 0.3 is 56.4 Å². The first kappa shape index (κ1) is 60.3. The standard InChI is InChI=1S/C11H18BNO2.C10H8BNO4.C5H4BrN.C5H9NO4.C4H8O.C3H8O.C3H7O.Li/c1-9(2)14-12(15-10(3)4)11-7-5-6-8-13-11;13-9-5-7-6-10(14)16-11(7,15-9)8-3-1-2-4-12-8;6-5-3-1-2-4-7-5;1-6(2-4(7)8)3-5(9)10;1-2-4-5-3-1;2*1-3(2)4;/h5-10H,1-4H3;1-4H,5-6H2;1-4H;2-3H2,1H3,(H,7,8)(H,9,10);1-4H2;3-4H,1-2H3;3H,1-2H3;/q;;;;;;-1;+1. The first-order valence-electron chi connectivity index (χ1n) is 19.8. The van der Waals surface area contributed by atoms with Gasteiger partial charge in [0.15, 0.2) is 0 Å². The van der Waals surface area contributed by atoms with Gasteiger partial charge in [-0.05, 0) is 108 Å². The van der Waals surface area contributed by atoms with E-state index in [4.69, 9.17) is 38.7 Å². The van der Waals surface area contributed by atoms with Crippen LogP contribution in [0.15, 0.2) is 77.8 Å². The van der Waals surface area contributed by atoms with Crippen LogP contribution in [0.2, 0.25) is 0 Å². The van der Waals surface area contributed by atoms with Gasteiger partial charge in [-0.2, -0.15) is 0 Å². The maximum absolute atomic E-state index is 11.3. The third kappa shape index (κ3) is 30.3. The van der Waals surface area contributed by atoms with Gasteiger partial charge in [0.05, 0.1) is 18.7 Å². The number of hydrogen-bond donors (Lipinski definition) is 3. The summed E-state index contributed by atoms with van der Waals surface area (Å²) in [6.45, 7) is 14.0. The molecular weight excluding hydrogens is 865 g/mol. The summed E-state index contributed by atoms with van der Waals surface area (Å²) in [5, 5.41) is 33.9. The van der Waals surface area contributed by atoms with Gasteiger partial charge in [-0.15, -0.1) is 6.10 Å². The average molecular weight is 927 g/mol. The Balaban J connectivity index is 0. The molecule has 17 nitrogen and oxygen atoms in total. The van der Waals surface area contributed by atoms with Crippen LogP contribution in [0.25, 0.3) is 0 Å². The fraction of sp³-hybridized carbons (Fsp3) is 0.512. The number of pyridine rings is 3. The third-order valence-electron chi connectivity index (χ3n) is 6.94. The number of carboxylic acid groups (broad SMARTS) is 2. The molecule has 3 aromatic heterocycles. The molecule has 3 aliphatic rings. The number of carbonyl (C=O) groups is 4. The molecule has 3 aromatic rings. The number of ether oxygens (including phenoxy) is 1.